The van der Waals surface area contributed by atoms with Crippen LogP contribution in [0.15, 0.2) is 30.3 Å². The van der Waals surface area contributed by atoms with Crippen LogP contribution in [0.5, 0.6) is 11.5 Å². The third kappa shape index (κ3) is 4.97. The van der Waals surface area contributed by atoms with E-state index in [1.807, 2.05) is 19.9 Å². The number of esters is 1. The Hall–Kier alpha value is -3.62. The highest BCUT2D eigenvalue weighted by Crippen LogP contribution is 2.34. The van der Waals surface area contributed by atoms with E-state index in [2.05, 4.69) is 5.32 Å². The number of carbonyl (C=O) groups excluding carboxylic acids is 2. The molecule has 0 unspecified atom stereocenters. The van der Waals surface area contributed by atoms with Crippen molar-refractivity contribution >= 4 is 23.3 Å². The van der Waals surface area contributed by atoms with Crippen LogP contribution >= 0.6 is 0 Å². The fraction of sp³-hybridized carbons (Fsp3) is 0.263. The number of hydrogen-bond donors (Lipinski definition) is 1. The summed E-state index contributed by atoms with van der Waals surface area (Å²) < 4.78 is 15.0. The number of methoxy groups -OCH3 is 2. The number of benzene rings is 2. The molecule has 9 heteroatoms. The van der Waals surface area contributed by atoms with Crippen LogP contribution in [-0.2, 0) is 9.53 Å². The van der Waals surface area contributed by atoms with E-state index in [0.29, 0.717) is 5.69 Å². The first kappa shape index (κ1) is 20.7. The first-order chi connectivity index (χ1) is 13.2. The number of anilines is 1. The standard InChI is InChI=1S/C19H20N2O7/c1-11-5-12(2)7-13(6-11)20-18(22)10-28-19(23)14-8-16(26-3)17(27-4)9-15(14)21(24)25/h5-9H,10H2,1-4H3,(H,20,22). The molecule has 0 atom stereocenters. The van der Waals surface area contributed by atoms with Crippen molar-refractivity contribution in [3.05, 3.63) is 57.1 Å². The van der Waals surface area contributed by atoms with Gasteiger partial charge < -0.3 is 19.5 Å². The van der Waals surface area contributed by atoms with E-state index in [4.69, 9.17) is 14.2 Å². The van der Waals surface area contributed by atoms with E-state index < -0.39 is 29.1 Å². The van der Waals surface area contributed by atoms with Gasteiger partial charge in [-0.25, -0.2) is 4.79 Å². The molecule has 0 aromatic heterocycles. The average Bonchev–Trinajstić information content (AvgIpc) is 2.63. The zero-order valence-corrected chi connectivity index (χ0v) is 15.9. The van der Waals surface area contributed by atoms with Crippen LogP contribution in [0.2, 0.25) is 0 Å². The number of aryl methyl sites for hydroxylation is 2. The fourth-order valence-corrected chi connectivity index (χ4v) is 2.64. The molecular weight excluding hydrogens is 368 g/mol. The highest BCUT2D eigenvalue weighted by molar-refractivity contribution is 5.98. The van der Waals surface area contributed by atoms with Crippen molar-refractivity contribution in [1.82, 2.24) is 0 Å². The SMILES string of the molecule is COc1cc(C(=O)OCC(=O)Nc2cc(C)cc(C)c2)c([N+](=O)[O-])cc1OC. The van der Waals surface area contributed by atoms with Crippen LogP contribution in [0.1, 0.15) is 21.5 Å². The minimum atomic E-state index is -1.02. The summed E-state index contributed by atoms with van der Waals surface area (Å²) in [5.74, 6) is -1.37. The molecule has 0 fully saturated rings. The van der Waals surface area contributed by atoms with Crippen LogP contribution in [0.3, 0.4) is 0 Å². The minimum absolute atomic E-state index is 0.0957. The molecular formula is C19H20N2O7. The highest BCUT2D eigenvalue weighted by Gasteiger charge is 2.26. The van der Waals surface area contributed by atoms with Crippen molar-refractivity contribution in [1.29, 1.82) is 0 Å². The number of ether oxygens (including phenoxy) is 3. The number of nitro benzene ring substituents is 1. The second-order valence-corrected chi connectivity index (χ2v) is 5.98. The van der Waals surface area contributed by atoms with E-state index >= 15 is 0 Å². The monoisotopic (exact) mass is 388 g/mol. The van der Waals surface area contributed by atoms with Crippen LogP contribution in [0.4, 0.5) is 11.4 Å². The molecule has 0 saturated carbocycles. The lowest BCUT2D eigenvalue weighted by molar-refractivity contribution is -0.385. The minimum Gasteiger partial charge on any atom is -0.493 e. The maximum absolute atomic E-state index is 12.3. The van der Waals surface area contributed by atoms with E-state index in [1.165, 1.54) is 14.2 Å². The molecule has 2 aromatic carbocycles. The number of nitro groups is 1. The lowest BCUT2D eigenvalue weighted by Gasteiger charge is -2.11. The maximum atomic E-state index is 12.3. The number of nitrogens with zero attached hydrogens (tertiary/aromatic N) is 1. The van der Waals surface area contributed by atoms with Crippen molar-refractivity contribution in [3.8, 4) is 11.5 Å². The number of amides is 1. The summed E-state index contributed by atoms with van der Waals surface area (Å²) in [5, 5.41) is 13.9. The number of nitrogens with one attached hydrogen (secondary N) is 1. The second kappa shape index (κ2) is 8.85. The molecule has 1 amide bonds. The third-order valence-corrected chi connectivity index (χ3v) is 3.76. The first-order valence-electron chi connectivity index (χ1n) is 8.20. The van der Waals surface area contributed by atoms with Crippen LogP contribution in [0.25, 0.3) is 0 Å². The summed E-state index contributed by atoms with van der Waals surface area (Å²) in [7, 11) is 2.65. The lowest BCUT2D eigenvalue weighted by atomic mass is 10.1. The van der Waals surface area contributed by atoms with Gasteiger partial charge in [0.1, 0.15) is 5.56 Å². The Morgan fingerprint density at radius 1 is 1.00 bits per heavy atom. The molecule has 0 radical (unpaired) electrons. The van der Waals surface area contributed by atoms with Crippen LogP contribution < -0.4 is 14.8 Å². The molecule has 0 aliphatic carbocycles. The lowest BCUT2D eigenvalue weighted by Crippen LogP contribution is -2.21. The molecule has 9 nitrogen and oxygen atoms in total. The van der Waals surface area contributed by atoms with Crippen molar-refractivity contribution in [2.24, 2.45) is 0 Å². The van der Waals surface area contributed by atoms with Gasteiger partial charge >= 0.3 is 5.97 Å². The summed E-state index contributed by atoms with van der Waals surface area (Å²) in [6.45, 7) is 3.18. The first-order valence-corrected chi connectivity index (χ1v) is 8.20. The van der Waals surface area contributed by atoms with Gasteiger partial charge in [-0.2, -0.15) is 0 Å². The Morgan fingerprint density at radius 3 is 2.11 bits per heavy atom. The molecule has 0 aliphatic rings. The van der Waals surface area contributed by atoms with Crippen molar-refractivity contribution < 1.29 is 28.7 Å². The summed E-state index contributed by atoms with van der Waals surface area (Å²) in [4.78, 5) is 34.9. The Labute approximate surface area is 161 Å². The molecule has 28 heavy (non-hydrogen) atoms. The number of rotatable bonds is 7. The maximum Gasteiger partial charge on any atom is 0.345 e. The average molecular weight is 388 g/mol. The fourth-order valence-electron chi connectivity index (χ4n) is 2.64. The molecule has 148 valence electrons. The zero-order chi connectivity index (χ0) is 20.8. The number of hydrogen-bond acceptors (Lipinski definition) is 7. The van der Waals surface area contributed by atoms with Gasteiger partial charge in [0, 0.05) is 11.8 Å². The van der Waals surface area contributed by atoms with Crippen molar-refractivity contribution in [2.75, 3.05) is 26.1 Å². The molecule has 2 aromatic rings. The van der Waals surface area contributed by atoms with Gasteiger partial charge in [0.15, 0.2) is 18.1 Å². The normalized spacial score (nSPS) is 10.1. The van der Waals surface area contributed by atoms with Gasteiger partial charge in [-0.15, -0.1) is 0 Å². The largest absolute Gasteiger partial charge is 0.493 e. The summed E-state index contributed by atoms with van der Waals surface area (Å²) in [5.41, 5.74) is 1.64. The Morgan fingerprint density at radius 2 is 1.57 bits per heavy atom. The van der Waals surface area contributed by atoms with Crippen LogP contribution in [-0.4, -0.2) is 37.6 Å². The summed E-state index contributed by atoms with van der Waals surface area (Å²) >= 11 is 0. The van der Waals surface area contributed by atoms with E-state index in [0.717, 1.165) is 23.3 Å². The quantitative estimate of drug-likeness (QED) is 0.440. The molecule has 0 aliphatic heterocycles. The van der Waals surface area contributed by atoms with E-state index in [9.17, 15) is 19.7 Å². The van der Waals surface area contributed by atoms with Gasteiger partial charge in [0.2, 0.25) is 0 Å². The predicted octanol–water partition coefficient (Wildman–Crippen LogP) is 3.02. The third-order valence-electron chi connectivity index (χ3n) is 3.76. The second-order valence-electron chi connectivity index (χ2n) is 5.98. The van der Waals surface area contributed by atoms with Gasteiger partial charge in [0.05, 0.1) is 25.2 Å². The zero-order valence-electron chi connectivity index (χ0n) is 15.9. The van der Waals surface area contributed by atoms with Crippen molar-refractivity contribution in [3.63, 3.8) is 0 Å². The highest BCUT2D eigenvalue weighted by atomic mass is 16.6. The van der Waals surface area contributed by atoms with Gasteiger partial charge in [-0.3, -0.25) is 14.9 Å². The molecule has 1 N–H and O–H groups in total. The topological polar surface area (TPSA) is 117 Å². The van der Waals surface area contributed by atoms with Gasteiger partial charge in [0.25, 0.3) is 11.6 Å². The van der Waals surface area contributed by atoms with Gasteiger partial charge in [-0.1, -0.05) is 6.07 Å². The summed E-state index contributed by atoms with van der Waals surface area (Å²) in [6.07, 6.45) is 0. The predicted molar refractivity (Wildman–Crippen MR) is 101 cm³/mol. The van der Waals surface area contributed by atoms with Crippen LogP contribution in [0, 0.1) is 24.0 Å². The van der Waals surface area contributed by atoms with Gasteiger partial charge in [-0.05, 0) is 37.1 Å². The Balaban J connectivity index is 2.13. The smallest absolute Gasteiger partial charge is 0.345 e. The number of carbonyl (C=O) groups is 2. The molecule has 0 saturated heterocycles. The van der Waals surface area contributed by atoms with E-state index in [-0.39, 0.29) is 17.1 Å². The molecule has 0 bridgehead atoms. The Bertz CT molecular complexity index is 904. The molecule has 2 rings (SSSR count). The Kier molecular flexibility index (Phi) is 6.54. The van der Waals surface area contributed by atoms with Crippen molar-refractivity contribution in [2.45, 2.75) is 13.8 Å². The summed E-state index contributed by atoms with van der Waals surface area (Å²) in [6, 6.07) is 7.69. The molecule has 0 heterocycles. The molecule has 0 spiro atoms. The van der Waals surface area contributed by atoms with E-state index in [1.54, 1.807) is 12.1 Å².